The molecule has 3 heterocycles. The maximum Gasteiger partial charge on any atom is 0.137 e. The van der Waals surface area contributed by atoms with Crippen LogP contribution in [0.25, 0.3) is 0 Å². The summed E-state index contributed by atoms with van der Waals surface area (Å²) in [6.07, 6.45) is 11.8. The molecule has 3 aliphatic rings. The Morgan fingerprint density at radius 1 is 1.36 bits per heavy atom. The third-order valence-corrected chi connectivity index (χ3v) is 5.87. The summed E-state index contributed by atoms with van der Waals surface area (Å²) in [7, 11) is 4.22. The number of hydrogen-bond acceptors (Lipinski definition) is 5. The number of nitriles is 1. The molecule has 1 aromatic rings. The van der Waals surface area contributed by atoms with Crippen LogP contribution in [-0.2, 0) is 0 Å². The molecule has 1 fully saturated rings. The van der Waals surface area contributed by atoms with Crippen LogP contribution in [0.4, 0.5) is 5.82 Å². The summed E-state index contributed by atoms with van der Waals surface area (Å²) in [5.74, 6) is 1.58. The summed E-state index contributed by atoms with van der Waals surface area (Å²) in [5, 5.41) is 14.0. The fraction of sp³-hybridized carbons (Fsp3) is 0.579. The second-order valence-electron chi connectivity index (χ2n) is 7.47. The molecule has 25 heavy (non-hydrogen) atoms. The van der Waals surface area contributed by atoms with Gasteiger partial charge in [0.05, 0.1) is 30.9 Å². The quantitative estimate of drug-likeness (QED) is 0.916. The van der Waals surface area contributed by atoms with Crippen LogP contribution in [0.5, 0.6) is 0 Å². The van der Waals surface area contributed by atoms with Crippen molar-refractivity contribution in [2.75, 3.05) is 20.6 Å². The first kappa shape index (κ1) is 16.2. The van der Waals surface area contributed by atoms with Gasteiger partial charge in [0.2, 0.25) is 0 Å². The highest BCUT2D eigenvalue weighted by atomic mass is 15.6. The lowest BCUT2D eigenvalue weighted by molar-refractivity contribution is 0.0133. The van der Waals surface area contributed by atoms with Gasteiger partial charge in [-0.15, -0.1) is 0 Å². The zero-order valence-electron chi connectivity index (χ0n) is 15.0. The standard InChI is InChI=1S/C19H26N6/c1-23-13-22-19-16(8-10-21-19)18(23)15-11-24(2)25(12-15)17(7-9-20)14-5-3-4-6-14/h8,10,12-14,17-18,21H,3-7,11H2,1-2H3. The minimum Gasteiger partial charge on any atom is -0.355 e. The van der Waals surface area contributed by atoms with E-state index in [-0.39, 0.29) is 6.04 Å². The Kier molecular flexibility index (Phi) is 4.26. The number of aromatic nitrogens is 1. The predicted molar refractivity (Wildman–Crippen MR) is 98.0 cm³/mol. The SMILES string of the molecule is CN1C=Nc2[nH]ccc2C1C1=CN(C(CC#N)C2CCCC2)N(C)C1. The molecule has 6 nitrogen and oxygen atoms in total. The van der Waals surface area contributed by atoms with Gasteiger partial charge < -0.3 is 14.9 Å². The number of likely N-dealkylation sites (N-methyl/N-ethyl adjacent to an activating group) is 2. The first-order valence-electron chi connectivity index (χ1n) is 9.19. The van der Waals surface area contributed by atoms with Gasteiger partial charge in [-0.25, -0.2) is 10.0 Å². The molecule has 1 saturated carbocycles. The largest absolute Gasteiger partial charge is 0.355 e. The number of nitrogens with zero attached hydrogens (tertiary/aromatic N) is 5. The highest BCUT2D eigenvalue weighted by Crippen LogP contribution is 2.40. The summed E-state index contributed by atoms with van der Waals surface area (Å²) in [6, 6.07) is 5.05. The summed E-state index contributed by atoms with van der Waals surface area (Å²) in [6.45, 7) is 0.891. The molecule has 0 bridgehead atoms. The molecular weight excluding hydrogens is 312 g/mol. The minimum absolute atomic E-state index is 0.206. The number of rotatable bonds is 4. The Balaban J connectivity index is 1.62. The Morgan fingerprint density at radius 3 is 2.92 bits per heavy atom. The molecular formula is C19H26N6. The van der Waals surface area contributed by atoms with Crippen molar-refractivity contribution in [3.63, 3.8) is 0 Å². The van der Waals surface area contributed by atoms with Gasteiger partial charge in [0.1, 0.15) is 5.82 Å². The molecule has 0 spiro atoms. The molecule has 1 aliphatic carbocycles. The number of H-pyrrole nitrogens is 1. The van der Waals surface area contributed by atoms with Crippen LogP contribution < -0.4 is 0 Å². The van der Waals surface area contributed by atoms with Crippen molar-refractivity contribution in [1.29, 1.82) is 5.26 Å². The number of fused-ring (bicyclic) bond motifs is 1. The summed E-state index contributed by atoms with van der Waals surface area (Å²) in [5.41, 5.74) is 2.59. The number of hydrogen-bond donors (Lipinski definition) is 1. The number of aliphatic imine (C=N–C) groups is 1. The van der Waals surface area contributed by atoms with Crippen LogP contribution in [0, 0.1) is 17.2 Å². The number of aromatic amines is 1. The van der Waals surface area contributed by atoms with Gasteiger partial charge in [-0.1, -0.05) is 12.8 Å². The van der Waals surface area contributed by atoms with Crippen LogP contribution in [0.15, 0.2) is 29.0 Å². The molecule has 4 rings (SSSR count). The average Bonchev–Trinajstić information content (AvgIpc) is 3.33. The molecule has 1 N–H and O–H groups in total. The first-order chi connectivity index (χ1) is 12.2. The zero-order chi connectivity index (χ0) is 17.4. The summed E-state index contributed by atoms with van der Waals surface area (Å²) in [4.78, 5) is 9.86. The molecule has 0 aromatic carbocycles. The van der Waals surface area contributed by atoms with Gasteiger partial charge in [-0.3, -0.25) is 0 Å². The Hall–Kier alpha value is -2.26. The molecule has 0 saturated heterocycles. The average molecular weight is 338 g/mol. The lowest BCUT2D eigenvalue weighted by Gasteiger charge is -2.36. The van der Waals surface area contributed by atoms with E-state index in [1.807, 2.05) is 12.5 Å². The van der Waals surface area contributed by atoms with Crippen LogP contribution in [-0.4, -0.2) is 52.9 Å². The lowest BCUT2D eigenvalue weighted by Crippen LogP contribution is -2.43. The van der Waals surface area contributed by atoms with Crippen molar-refractivity contribution in [1.82, 2.24) is 19.9 Å². The van der Waals surface area contributed by atoms with Gasteiger partial charge in [0.25, 0.3) is 0 Å². The molecule has 2 aliphatic heterocycles. The van der Waals surface area contributed by atoms with Crippen LogP contribution in [0.3, 0.4) is 0 Å². The number of hydrazine groups is 1. The molecule has 2 unspecified atom stereocenters. The fourth-order valence-corrected chi connectivity index (χ4v) is 4.67. The normalized spacial score (nSPS) is 25.2. The highest BCUT2D eigenvalue weighted by Gasteiger charge is 2.37. The second-order valence-corrected chi connectivity index (χ2v) is 7.47. The molecule has 1 aromatic heterocycles. The highest BCUT2D eigenvalue weighted by molar-refractivity contribution is 5.67. The van der Waals surface area contributed by atoms with Crippen LogP contribution >= 0.6 is 0 Å². The van der Waals surface area contributed by atoms with E-state index in [1.54, 1.807) is 0 Å². The van der Waals surface area contributed by atoms with Crippen molar-refractivity contribution in [2.45, 2.75) is 44.2 Å². The topological polar surface area (TPSA) is 61.7 Å². The Labute approximate surface area is 149 Å². The monoisotopic (exact) mass is 338 g/mol. The first-order valence-corrected chi connectivity index (χ1v) is 9.19. The van der Waals surface area contributed by atoms with Crippen molar-refractivity contribution < 1.29 is 0 Å². The Morgan fingerprint density at radius 2 is 2.16 bits per heavy atom. The van der Waals surface area contributed by atoms with Gasteiger partial charge in [-0.05, 0) is 30.4 Å². The molecule has 6 heteroatoms. The second kappa shape index (κ2) is 6.57. The smallest absolute Gasteiger partial charge is 0.137 e. The molecule has 0 amide bonds. The minimum atomic E-state index is 0.206. The fourth-order valence-electron chi connectivity index (χ4n) is 4.67. The van der Waals surface area contributed by atoms with Crippen LogP contribution in [0.2, 0.25) is 0 Å². The van der Waals surface area contributed by atoms with E-state index in [0.29, 0.717) is 18.4 Å². The van der Waals surface area contributed by atoms with E-state index >= 15 is 0 Å². The summed E-state index contributed by atoms with van der Waals surface area (Å²) < 4.78 is 0. The van der Waals surface area contributed by atoms with E-state index in [2.05, 4.69) is 57.3 Å². The summed E-state index contributed by atoms with van der Waals surface area (Å²) >= 11 is 0. The zero-order valence-corrected chi connectivity index (χ0v) is 15.0. The third kappa shape index (κ3) is 2.83. The maximum absolute atomic E-state index is 9.36. The van der Waals surface area contributed by atoms with E-state index in [1.165, 1.54) is 36.8 Å². The lowest BCUT2D eigenvalue weighted by atomic mass is 9.95. The maximum atomic E-state index is 9.36. The van der Waals surface area contributed by atoms with Gasteiger partial charge >= 0.3 is 0 Å². The third-order valence-electron chi connectivity index (χ3n) is 5.87. The van der Waals surface area contributed by atoms with E-state index in [0.717, 1.165) is 12.4 Å². The molecule has 2 atom stereocenters. The van der Waals surface area contributed by atoms with Crippen molar-refractivity contribution >= 4 is 12.2 Å². The Bertz CT molecular complexity index is 721. The molecule has 132 valence electrons. The van der Waals surface area contributed by atoms with Gasteiger partial charge in [0, 0.05) is 38.6 Å². The van der Waals surface area contributed by atoms with Gasteiger partial charge in [-0.2, -0.15) is 5.26 Å². The van der Waals surface area contributed by atoms with Crippen molar-refractivity contribution in [3.8, 4) is 6.07 Å². The van der Waals surface area contributed by atoms with E-state index < -0.39 is 0 Å². The van der Waals surface area contributed by atoms with Gasteiger partial charge in [0.15, 0.2) is 0 Å². The van der Waals surface area contributed by atoms with Crippen molar-refractivity contribution in [3.05, 3.63) is 29.6 Å². The van der Waals surface area contributed by atoms with E-state index in [9.17, 15) is 5.26 Å². The van der Waals surface area contributed by atoms with Crippen molar-refractivity contribution in [2.24, 2.45) is 10.9 Å². The van der Waals surface area contributed by atoms with E-state index in [4.69, 9.17) is 0 Å². The molecule has 0 radical (unpaired) electrons. The number of nitrogens with one attached hydrogen (secondary N) is 1. The predicted octanol–water partition coefficient (Wildman–Crippen LogP) is 3.18. The van der Waals surface area contributed by atoms with Crippen LogP contribution in [0.1, 0.15) is 43.7 Å².